The number of aliphatic hydroxyl groups excluding tert-OH is 1. The molecule has 2 amide bonds. The molecule has 0 unspecified atom stereocenters. The first-order valence-corrected chi connectivity index (χ1v) is 14.7. The molecule has 1 fully saturated rings. The highest BCUT2D eigenvalue weighted by atomic mass is 79.9. The smallest absolute Gasteiger partial charge is 0.264 e. The lowest BCUT2D eigenvalue weighted by molar-refractivity contribution is -0.139. The van der Waals surface area contributed by atoms with Gasteiger partial charge < -0.3 is 25.7 Å². The molecule has 2 aromatic carbocycles. The van der Waals surface area contributed by atoms with Gasteiger partial charge in [0.2, 0.25) is 5.91 Å². The largest absolute Gasteiger partial charge is 0.396 e. The van der Waals surface area contributed by atoms with Gasteiger partial charge in [0.15, 0.2) is 5.60 Å². The molecule has 1 saturated heterocycles. The highest BCUT2D eigenvalue weighted by Gasteiger charge is 2.52. The first-order chi connectivity index (χ1) is 19.8. The fourth-order valence-corrected chi connectivity index (χ4v) is 5.83. The van der Waals surface area contributed by atoms with Crippen LogP contribution in [0.3, 0.4) is 0 Å². The van der Waals surface area contributed by atoms with Crippen LogP contribution >= 0.6 is 15.9 Å². The molecule has 0 radical (unpaired) electrons. The standard InChI is InChI=1S/C30H35BrN6O4/c1-20(6-2-3-14-36-19-24(12-15-38)34-35-36)30(41)25-17-22(31)10-11-27(25)37(29(30)40)18-21-7-4-8-23(16-21)33-28(39)26-9-5-13-32-26/h2,4,6-8,10-11,16-17,19-20,26,32,38,41H,3,5,9,12-15,18H2,1H3,(H,33,39)/b6-2+/t20-,26-,30+/m1/s1. The van der Waals surface area contributed by atoms with E-state index in [0.29, 0.717) is 36.3 Å². The Hall–Kier alpha value is -3.38. The maximum atomic E-state index is 13.9. The van der Waals surface area contributed by atoms with Crippen LogP contribution in [-0.4, -0.2) is 56.2 Å². The van der Waals surface area contributed by atoms with Crippen LogP contribution < -0.4 is 15.5 Å². The van der Waals surface area contributed by atoms with Crippen molar-refractivity contribution in [2.24, 2.45) is 5.92 Å². The number of allylic oxidation sites excluding steroid dienone is 1. The summed E-state index contributed by atoms with van der Waals surface area (Å²) in [5.41, 5.74) is 1.71. The summed E-state index contributed by atoms with van der Waals surface area (Å²) in [6, 6.07) is 12.8. The minimum Gasteiger partial charge on any atom is -0.396 e. The van der Waals surface area contributed by atoms with E-state index >= 15 is 0 Å². The quantitative estimate of drug-likeness (QED) is 0.241. The molecule has 2 aliphatic rings. The summed E-state index contributed by atoms with van der Waals surface area (Å²) in [5, 5.41) is 35.3. The number of anilines is 2. The molecule has 3 heterocycles. The van der Waals surface area contributed by atoms with Crippen molar-refractivity contribution in [1.82, 2.24) is 20.3 Å². The van der Waals surface area contributed by atoms with Gasteiger partial charge in [0, 0.05) is 47.4 Å². The summed E-state index contributed by atoms with van der Waals surface area (Å²) in [7, 11) is 0. The van der Waals surface area contributed by atoms with Crippen molar-refractivity contribution in [3.63, 3.8) is 0 Å². The lowest BCUT2D eigenvalue weighted by Crippen LogP contribution is -2.44. The third-order valence-corrected chi connectivity index (χ3v) is 8.20. The van der Waals surface area contributed by atoms with Gasteiger partial charge in [0.25, 0.3) is 5.91 Å². The number of aryl methyl sites for hydroxylation is 1. The number of halogens is 1. The second kappa shape index (κ2) is 12.6. The second-order valence-electron chi connectivity index (χ2n) is 10.6. The SMILES string of the molecule is C[C@H](/C=C/CCn1cc(CCO)nn1)[C@@]1(O)C(=O)N(Cc2cccc(NC(=O)[C@H]3CCCN3)c2)c2ccc(Br)cc21. The van der Waals surface area contributed by atoms with E-state index in [2.05, 4.69) is 36.9 Å². The Morgan fingerprint density at radius 1 is 1.32 bits per heavy atom. The van der Waals surface area contributed by atoms with Gasteiger partial charge in [0.1, 0.15) is 0 Å². The number of amides is 2. The Bertz CT molecular complexity index is 1440. The molecule has 5 rings (SSSR count). The number of nitrogens with one attached hydrogen (secondary N) is 2. The van der Waals surface area contributed by atoms with E-state index in [0.717, 1.165) is 35.1 Å². The monoisotopic (exact) mass is 622 g/mol. The average molecular weight is 624 g/mol. The summed E-state index contributed by atoms with van der Waals surface area (Å²) < 4.78 is 2.49. The van der Waals surface area contributed by atoms with Crippen LogP contribution in [-0.2, 0) is 34.7 Å². The summed E-state index contributed by atoms with van der Waals surface area (Å²) in [6.45, 7) is 3.55. The molecule has 10 nitrogen and oxygen atoms in total. The molecule has 0 saturated carbocycles. The Labute approximate surface area is 247 Å². The number of carbonyl (C=O) groups is 2. The fourth-order valence-electron chi connectivity index (χ4n) is 5.47. The Morgan fingerprint density at radius 2 is 2.17 bits per heavy atom. The zero-order valence-corrected chi connectivity index (χ0v) is 24.5. The average Bonchev–Trinajstić information content (AvgIpc) is 3.70. The number of carbonyl (C=O) groups excluding carboxylic acids is 2. The molecule has 216 valence electrons. The Morgan fingerprint density at radius 3 is 2.95 bits per heavy atom. The number of hydrogen-bond donors (Lipinski definition) is 4. The minimum atomic E-state index is -1.74. The molecule has 4 N–H and O–H groups in total. The highest BCUT2D eigenvalue weighted by Crippen LogP contribution is 2.46. The Kier molecular flexibility index (Phi) is 8.98. The summed E-state index contributed by atoms with van der Waals surface area (Å²) in [4.78, 5) is 28.1. The third kappa shape index (κ3) is 6.28. The van der Waals surface area contributed by atoms with Gasteiger partial charge in [-0.3, -0.25) is 14.3 Å². The van der Waals surface area contributed by atoms with Gasteiger partial charge in [-0.25, -0.2) is 0 Å². The molecule has 3 atom stereocenters. The van der Waals surface area contributed by atoms with E-state index in [1.165, 1.54) is 0 Å². The highest BCUT2D eigenvalue weighted by molar-refractivity contribution is 9.10. The molecule has 0 spiro atoms. The normalized spacial score (nSPS) is 21.0. The number of fused-ring (bicyclic) bond motifs is 1. The molecular formula is C30H35BrN6O4. The van der Waals surface area contributed by atoms with Crippen molar-refractivity contribution >= 4 is 39.1 Å². The van der Waals surface area contributed by atoms with Crippen molar-refractivity contribution in [2.45, 2.75) is 57.3 Å². The van der Waals surface area contributed by atoms with Crippen LogP contribution in [0.5, 0.6) is 0 Å². The van der Waals surface area contributed by atoms with Crippen LogP contribution in [0.25, 0.3) is 0 Å². The van der Waals surface area contributed by atoms with E-state index in [4.69, 9.17) is 5.11 Å². The summed E-state index contributed by atoms with van der Waals surface area (Å²) in [5.74, 6) is -0.952. The zero-order chi connectivity index (χ0) is 29.0. The maximum Gasteiger partial charge on any atom is 0.264 e. The van der Waals surface area contributed by atoms with Crippen LogP contribution in [0.4, 0.5) is 11.4 Å². The minimum absolute atomic E-state index is 0.0253. The molecule has 41 heavy (non-hydrogen) atoms. The maximum absolute atomic E-state index is 13.9. The van der Waals surface area contributed by atoms with E-state index in [9.17, 15) is 14.7 Å². The number of nitrogens with zero attached hydrogens (tertiary/aromatic N) is 4. The molecule has 0 aliphatic carbocycles. The Balaban J connectivity index is 1.30. The lowest BCUT2D eigenvalue weighted by atomic mass is 9.83. The summed E-state index contributed by atoms with van der Waals surface area (Å²) >= 11 is 3.50. The molecule has 3 aromatic rings. The van der Waals surface area contributed by atoms with Gasteiger partial charge in [-0.1, -0.05) is 52.4 Å². The van der Waals surface area contributed by atoms with Crippen LogP contribution in [0.15, 0.2) is 65.3 Å². The van der Waals surface area contributed by atoms with Gasteiger partial charge in [-0.05, 0) is 61.7 Å². The number of hydrogen-bond acceptors (Lipinski definition) is 7. The van der Waals surface area contributed by atoms with E-state index in [1.807, 2.05) is 55.5 Å². The van der Waals surface area contributed by atoms with Crippen molar-refractivity contribution in [3.05, 3.63) is 82.1 Å². The van der Waals surface area contributed by atoms with Crippen LogP contribution in [0.2, 0.25) is 0 Å². The summed E-state index contributed by atoms with van der Waals surface area (Å²) in [6.07, 6.45) is 8.51. The predicted octanol–water partition coefficient (Wildman–Crippen LogP) is 3.28. The predicted molar refractivity (Wildman–Crippen MR) is 159 cm³/mol. The van der Waals surface area contributed by atoms with Crippen LogP contribution in [0.1, 0.15) is 43.0 Å². The first-order valence-electron chi connectivity index (χ1n) is 13.9. The van der Waals surface area contributed by atoms with Crippen molar-refractivity contribution in [2.75, 3.05) is 23.4 Å². The van der Waals surface area contributed by atoms with E-state index in [1.54, 1.807) is 21.8 Å². The van der Waals surface area contributed by atoms with Crippen molar-refractivity contribution in [3.8, 4) is 0 Å². The number of rotatable bonds is 11. The lowest BCUT2D eigenvalue weighted by Gasteiger charge is -2.28. The van der Waals surface area contributed by atoms with Gasteiger partial charge in [-0.2, -0.15) is 0 Å². The van der Waals surface area contributed by atoms with Crippen molar-refractivity contribution < 1.29 is 19.8 Å². The fraction of sp³-hybridized carbons (Fsp3) is 0.400. The van der Waals surface area contributed by atoms with E-state index < -0.39 is 17.4 Å². The molecule has 0 bridgehead atoms. The number of benzene rings is 2. The topological polar surface area (TPSA) is 133 Å². The van der Waals surface area contributed by atoms with Gasteiger partial charge in [0.05, 0.1) is 24.0 Å². The third-order valence-electron chi connectivity index (χ3n) is 7.71. The number of aliphatic hydroxyl groups is 2. The first kappa shape index (κ1) is 29.1. The second-order valence-corrected chi connectivity index (χ2v) is 11.5. The van der Waals surface area contributed by atoms with E-state index in [-0.39, 0.29) is 25.1 Å². The van der Waals surface area contributed by atoms with Crippen molar-refractivity contribution in [1.29, 1.82) is 0 Å². The van der Waals surface area contributed by atoms with Gasteiger partial charge in [-0.15, -0.1) is 5.10 Å². The molecule has 11 heteroatoms. The molecule has 1 aromatic heterocycles. The van der Waals surface area contributed by atoms with Crippen LogP contribution in [0, 0.1) is 5.92 Å². The molecule has 2 aliphatic heterocycles. The number of aromatic nitrogens is 3. The van der Waals surface area contributed by atoms with Gasteiger partial charge >= 0.3 is 0 Å². The molecular weight excluding hydrogens is 588 g/mol. The zero-order valence-electron chi connectivity index (χ0n) is 23.0.